The monoisotopic (exact) mass is 660 g/mol. The van der Waals surface area contributed by atoms with E-state index in [0.29, 0.717) is 0 Å². The van der Waals surface area contributed by atoms with Gasteiger partial charge in [-0.2, -0.15) is 0 Å². The topological polar surface area (TPSA) is 85.5 Å². The Morgan fingerprint density at radius 2 is 0.429 bits per heavy atom. The molecule has 0 amide bonds. The van der Waals surface area contributed by atoms with Gasteiger partial charge in [-0.15, -0.1) is 0 Å². The van der Waals surface area contributed by atoms with E-state index >= 15 is 0 Å². The maximum atomic E-state index is 0. The van der Waals surface area contributed by atoms with Gasteiger partial charge in [0.1, 0.15) is 0 Å². The molecule has 2 radical (unpaired) electrons. The molecule has 0 aliphatic rings. The van der Waals surface area contributed by atoms with Crippen LogP contribution in [0.3, 0.4) is 0 Å². The largest absolute Gasteiger partial charge is 3.00 e. The van der Waals surface area contributed by atoms with Gasteiger partial charge in [0.2, 0.25) is 0 Å². The van der Waals surface area contributed by atoms with Crippen molar-refractivity contribution in [3.63, 3.8) is 0 Å². The van der Waals surface area contributed by atoms with Gasteiger partial charge in [-0.3, -0.25) is 0 Å². The quantitative estimate of drug-likeness (QED) is 0.342. The van der Waals surface area contributed by atoms with E-state index in [4.69, 9.17) is 0 Å². The molecule has 7 heavy (non-hydrogen) atoms. The maximum absolute atomic E-state index is 0. The molecule has 0 heterocycles. The first kappa shape index (κ1) is 51.0. The third kappa shape index (κ3) is 33.0. The second-order valence-electron chi connectivity index (χ2n) is 0. The van der Waals surface area contributed by atoms with E-state index < -0.39 is 0 Å². The van der Waals surface area contributed by atoms with Gasteiger partial charge in [-0.25, -0.2) is 0 Å². The molecule has 0 aromatic carbocycles. The number of hydrogen-bond acceptors (Lipinski definition) is 0. The van der Waals surface area contributed by atoms with E-state index in [1.807, 2.05) is 0 Å². The summed E-state index contributed by atoms with van der Waals surface area (Å²) in [4.78, 5) is 0. The Hall–Kier alpha value is 6.22. The molecular formula is Eu4O3. The molecule has 0 aromatic rings. The molecule has 0 aliphatic carbocycles. The third-order valence-electron chi connectivity index (χ3n) is 0. The van der Waals surface area contributed by atoms with Gasteiger partial charge in [0, 0.05) is 98.8 Å². The molecule has 3 nitrogen and oxygen atoms in total. The van der Waals surface area contributed by atoms with Crippen molar-refractivity contribution in [3.05, 3.63) is 0 Å². The molecule has 0 rings (SSSR count). The van der Waals surface area contributed by atoms with Gasteiger partial charge in [-0.1, -0.05) is 0 Å². The van der Waals surface area contributed by atoms with E-state index in [1.54, 1.807) is 0 Å². The van der Waals surface area contributed by atoms with E-state index in [1.165, 1.54) is 0 Å². The van der Waals surface area contributed by atoms with Crippen LogP contribution in [0.4, 0.5) is 0 Å². The molecule has 0 saturated carbocycles. The smallest absolute Gasteiger partial charge is 2.00 e. The molecule has 0 bridgehead atoms. The van der Waals surface area contributed by atoms with Gasteiger partial charge in [0.25, 0.3) is 0 Å². The Labute approximate surface area is 206 Å². The minimum Gasteiger partial charge on any atom is -2.00 e. The zero-order valence-corrected chi connectivity index (χ0v) is 12.4. The van der Waals surface area contributed by atoms with Crippen molar-refractivity contribution in [2.45, 2.75) is 0 Å². The Kier molecular flexibility index (Phi) is 290. The molecule has 0 saturated heterocycles. The summed E-state index contributed by atoms with van der Waals surface area (Å²) in [7, 11) is 0. The second-order valence-corrected chi connectivity index (χ2v) is 0. The molecule has 0 aliphatic heterocycles. The third-order valence-corrected chi connectivity index (χ3v) is 0. The van der Waals surface area contributed by atoms with E-state index in [2.05, 4.69) is 0 Å². The van der Waals surface area contributed by atoms with Crippen molar-refractivity contribution in [1.29, 1.82) is 0 Å². The Bertz CT molecular complexity index is 6.90. The molecule has 0 spiro atoms. The zero-order valence-electron chi connectivity index (χ0n) is 2.74. The molecule has 0 atom stereocenters. The Morgan fingerprint density at radius 1 is 0.429 bits per heavy atom. The fourth-order valence-electron chi connectivity index (χ4n) is 0. The van der Waals surface area contributed by atoms with Crippen LogP contribution in [0.15, 0.2) is 0 Å². The first-order chi connectivity index (χ1) is 0. The van der Waals surface area contributed by atoms with Crippen molar-refractivity contribution in [1.82, 2.24) is 0 Å². The van der Waals surface area contributed by atoms with Crippen molar-refractivity contribution in [2.24, 2.45) is 0 Å². The van der Waals surface area contributed by atoms with Gasteiger partial charge < -0.3 is 16.4 Å². The van der Waals surface area contributed by atoms with Crippen molar-refractivity contribution < 1.29 is 214 Å². The van der Waals surface area contributed by atoms with Crippen LogP contribution < -0.4 is 0 Å². The molecular weight excluding hydrogens is 656 g/mol. The molecule has 0 unspecified atom stereocenters. The minimum absolute atomic E-state index is 0. The zero-order chi connectivity index (χ0) is 0. The van der Waals surface area contributed by atoms with Crippen LogP contribution in [0.25, 0.3) is 0 Å². The number of hydrogen-bond donors (Lipinski definition) is 0. The first-order valence-electron chi connectivity index (χ1n) is 0. The van der Waals surface area contributed by atoms with Gasteiger partial charge in [-0.05, 0) is 0 Å². The van der Waals surface area contributed by atoms with Gasteiger partial charge in [0.05, 0.1) is 0 Å². The predicted molar refractivity (Wildman–Crippen MR) is 2.06 cm³/mol. The summed E-state index contributed by atoms with van der Waals surface area (Å²) in [5.41, 5.74) is 0. The van der Waals surface area contributed by atoms with E-state index in [0.717, 1.165) is 0 Å². The summed E-state index contributed by atoms with van der Waals surface area (Å²) in [6.45, 7) is 0. The van der Waals surface area contributed by atoms with Gasteiger partial charge >= 0.3 is 98.8 Å². The molecule has 0 N–H and O–H groups in total. The van der Waals surface area contributed by atoms with Crippen LogP contribution >= 0.6 is 0 Å². The summed E-state index contributed by atoms with van der Waals surface area (Å²) >= 11 is 0. The Balaban J connectivity index is 0. The number of rotatable bonds is 0. The van der Waals surface area contributed by atoms with Gasteiger partial charge in [0.15, 0.2) is 0 Å². The van der Waals surface area contributed by atoms with Crippen LogP contribution in [0.1, 0.15) is 0 Å². The normalized spacial score (nSPS) is 0. The summed E-state index contributed by atoms with van der Waals surface area (Å²) < 4.78 is 0. The standard InChI is InChI=1S/4Eu.3O/q;;2*+3;3*-2. The summed E-state index contributed by atoms with van der Waals surface area (Å²) in [5, 5.41) is 0. The summed E-state index contributed by atoms with van der Waals surface area (Å²) in [5.74, 6) is 0. The summed E-state index contributed by atoms with van der Waals surface area (Å²) in [6.07, 6.45) is 0. The second kappa shape index (κ2) is 39.8. The Morgan fingerprint density at radius 3 is 0.429 bits per heavy atom. The fraction of sp³-hybridized carbons (Fsp3) is 0. The molecule has 7 heteroatoms. The average Bonchev–Trinajstić information content (AvgIpc) is 0. The van der Waals surface area contributed by atoms with Crippen LogP contribution in [-0.2, 0) is 16.4 Å². The van der Waals surface area contributed by atoms with Crippen LogP contribution in [0.5, 0.6) is 0 Å². The first-order valence-corrected chi connectivity index (χ1v) is 0. The average molecular weight is 656 g/mol. The SMILES string of the molecule is [Eu+3].[Eu+3].[Eu].[Eu].[O-2].[O-2].[O-2]. The van der Waals surface area contributed by atoms with Crippen molar-refractivity contribution >= 4 is 0 Å². The minimum atomic E-state index is 0. The van der Waals surface area contributed by atoms with Crippen molar-refractivity contribution in [2.75, 3.05) is 0 Å². The van der Waals surface area contributed by atoms with Crippen LogP contribution in [0, 0.1) is 198 Å². The van der Waals surface area contributed by atoms with E-state index in [9.17, 15) is 0 Å². The van der Waals surface area contributed by atoms with Crippen LogP contribution in [-0.4, -0.2) is 0 Å². The van der Waals surface area contributed by atoms with Crippen molar-refractivity contribution in [3.8, 4) is 0 Å². The predicted octanol–water partition coefficient (Wildman–Crippen LogP) is -0.356. The van der Waals surface area contributed by atoms with Crippen LogP contribution in [0.2, 0.25) is 0 Å². The van der Waals surface area contributed by atoms with E-state index in [-0.39, 0.29) is 214 Å². The fourth-order valence-corrected chi connectivity index (χ4v) is 0. The maximum Gasteiger partial charge on any atom is 3.00 e. The molecule has 0 aromatic heterocycles. The molecule has 46 valence electrons. The summed E-state index contributed by atoms with van der Waals surface area (Å²) in [6, 6.07) is 0. The molecule has 0 fully saturated rings.